The maximum atomic E-state index is 13.3. The second kappa shape index (κ2) is 10.9. The number of hydrogen-bond donors (Lipinski definition) is 1. The van der Waals surface area contributed by atoms with Crippen molar-refractivity contribution in [1.82, 2.24) is 5.32 Å². The molecule has 0 bridgehead atoms. The molecule has 0 unspecified atom stereocenters. The van der Waals surface area contributed by atoms with Crippen LogP contribution >= 0.6 is 11.6 Å². The third-order valence-electron chi connectivity index (χ3n) is 4.73. The quantitative estimate of drug-likeness (QED) is 0.437. The molecule has 0 amide bonds. The fourth-order valence-corrected chi connectivity index (χ4v) is 3.28. The zero-order valence-corrected chi connectivity index (χ0v) is 17.8. The number of benzene rings is 3. The summed E-state index contributed by atoms with van der Waals surface area (Å²) >= 11 is 6.12. The van der Waals surface area contributed by atoms with Gasteiger partial charge >= 0.3 is 0 Å². The second-order valence-electron chi connectivity index (χ2n) is 6.75. The fourth-order valence-electron chi connectivity index (χ4n) is 3.06. The Morgan fingerprint density at radius 3 is 2.43 bits per heavy atom. The maximum absolute atomic E-state index is 13.3. The van der Waals surface area contributed by atoms with Gasteiger partial charge < -0.3 is 19.5 Å². The number of para-hydroxylation sites is 1. The van der Waals surface area contributed by atoms with Crippen molar-refractivity contribution >= 4 is 11.6 Å². The molecule has 0 aromatic heterocycles. The summed E-state index contributed by atoms with van der Waals surface area (Å²) < 4.78 is 29.9. The van der Waals surface area contributed by atoms with E-state index in [0.29, 0.717) is 28.6 Å². The first kappa shape index (κ1) is 21.9. The van der Waals surface area contributed by atoms with E-state index in [1.165, 1.54) is 17.7 Å². The minimum absolute atomic E-state index is 0.221. The molecule has 0 atom stereocenters. The summed E-state index contributed by atoms with van der Waals surface area (Å²) in [5, 5.41) is 3.78. The van der Waals surface area contributed by atoms with Gasteiger partial charge in [0.05, 0.1) is 19.2 Å². The third-order valence-corrected chi connectivity index (χ3v) is 5.08. The lowest BCUT2D eigenvalue weighted by Gasteiger charge is -2.16. The van der Waals surface area contributed by atoms with Crippen molar-refractivity contribution in [3.63, 3.8) is 0 Å². The molecular weight excluding hydrogens is 405 g/mol. The highest BCUT2D eigenvalue weighted by atomic mass is 35.5. The van der Waals surface area contributed by atoms with Crippen molar-refractivity contribution in [2.45, 2.75) is 19.6 Å². The Bertz CT molecular complexity index is 963. The van der Waals surface area contributed by atoms with Gasteiger partial charge in [-0.15, -0.1) is 0 Å². The zero-order chi connectivity index (χ0) is 21.3. The van der Waals surface area contributed by atoms with Gasteiger partial charge in [-0.25, -0.2) is 4.39 Å². The van der Waals surface area contributed by atoms with Gasteiger partial charge in [-0.1, -0.05) is 41.9 Å². The molecule has 158 valence electrons. The number of hydrogen-bond acceptors (Lipinski definition) is 4. The van der Waals surface area contributed by atoms with Crippen LogP contribution in [0.1, 0.15) is 16.7 Å². The molecule has 0 aliphatic rings. The Kier molecular flexibility index (Phi) is 7.94. The summed E-state index contributed by atoms with van der Waals surface area (Å²) in [4.78, 5) is 0. The van der Waals surface area contributed by atoms with Crippen LogP contribution < -0.4 is 19.5 Å². The maximum Gasteiger partial charge on any atom is 0.166 e. The van der Waals surface area contributed by atoms with Gasteiger partial charge in [0.1, 0.15) is 18.2 Å². The SMILES string of the molecule is COc1ccc(CCNCc2cccc(OC)c2OCc2ccc(F)cc2Cl)cc1. The van der Waals surface area contributed by atoms with Crippen molar-refractivity contribution in [3.8, 4) is 17.2 Å². The van der Waals surface area contributed by atoms with Crippen LogP contribution in [0, 0.1) is 5.82 Å². The molecule has 0 saturated carbocycles. The Hall–Kier alpha value is -2.76. The Morgan fingerprint density at radius 1 is 0.933 bits per heavy atom. The molecule has 0 radical (unpaired) electrons. The second-order valence-corrected chi connectivity index (χ2v) is 7.15. The van der Waals surface area contributed by atoms with Gasteiger partial charge in [0, 0.05) is 17.7 Å². The van der Waals surface area contributed by atoms with Crippen LogP contribution in [0.25, 0.3) is 0 Å². The van der Waals surface area contributed by atoms with E-state index in [-0.39, 0.29) is 12.4 Å². The first-order valence-electron chi connectivity index (χ1n) is 9.67. The fraction of sp³-hybridized carbons (Fsp3) is 0.250. The smallest absolute Gasteiger partial charge is 0.166 e. The van der Waals surface area contributed by atoms with E-state index in [1.807, 2.05) is 30.3 Å². The molecular formula is C24H25ClFNO3. The van der Waals surface area contributed by atoms with Crippen LogP contribution in [0.4, 0.5) is 4.39 Å². The van der Waals surface area contributed by atoms with Crippen LogP contribution in [-0.4, -0.2) is 20.8 Å². The van der Waals surface area contributed by atoms with Crippen molar-refractivity contribution in [2.75, 3.05) is 20.8 Å². The van der Waals surface area contributed by atoms with Gasteiger partial charge in [-0.05, 0) is 48.9 Å². The molecule has 3 aromatic carbocycles. The first-order valence-corrected chi connectivity index (χ1v) is 10.0. The van der Waals surface area contributed by atoms with E-state index in [0.717, 1.165) is 24.3 Å². The monoisotopic (exact) mass is 429 g/mol. The van der Waals surface area contributed by atoms with E-state index in [2.05, 4.69) is 17.4 Å². The highest BCUT2D eigenvalue weighted by Crippen LogP contribution is 2.32. The summed E-state index contributed by atoms with van der Waals surface area (Å²) in [6.07, 6.45) is 0.898. The highest BCUT2D eigenvalue weighted by molar-refractivity contribution is 6.31. The van der Waals surface area contributed by atoms with Crippen LogP contribution in [0.5, 0.6) is 17.2 Å². The standard InChI is InChI=1S/C24H25ClFNO3/c1-28-21-10-6-17(7-11-21)12-13-27-15-18-4-3-5-23(29-2)24(18)30-16-19-8-9-20(26)14-22(19)25/h3-11,14,27H,12-13,15-16H2,1-2H3. The molecule has 3 rings (SSSR count). The number of rotatable bonds is 10. The molecule has 0 fully saturated rings. The molecule has 0 aliphatic heterocycles. The summed E-state index contributed by atoms with van der Waals surface area (Å²) in [5.41, 5.74) is 2.92. The Morgan fingerprint density at radius 2 is 1.73 bits per heavy atom. The van der Waals surface area contributed by atoms with Crippen LogP contribution in [0.3, 0.4) is 0 Å². The lowest BCUT2D eigenvalue weighted by atomic mass is 10.1. The number of halogens is 2. The average Bonchev–Trinajstić information content (AvgIpc) is 2.76. The lowest BCUT2D eigenvalue weighted by molar-refractivity contribution is 0.280. The molecule has 30 heavy (non-hydrogen) atoms. The molecule has 0 heterocycles. The number of methoxy groups -OCH3 is 2. The van der Waals surface area contributed by atoms with E-state index in [1.54, 1.807) is 20.3 Å². The zero-order valence-electron chi connectivity index (χ0n) is 17.1. The van der Waals surface area contributed by atoms with Crippen LogP contribution in [-0.2, 0) is 19.6 Å². The largest absolute Gasteiger partial charge is 0.497 e. The van der Waals surface area contributed by atoms with Gasteiger partial charge in [-0.2, -0.15) is 0 Å². The topological polar surface area (TPSA) is 39.7 Å². The van der Waals surface area contributed by atoms with Gasteiger partial charge in [-0.3, -0.25) is 0 Å². The summed E-state index contributed by atoms with van der Waals surface area (Å²) in [6.45, 7) is 1.66. The molecule has 6 heteroatoms. The van der Waals surface area contributed by atoms with E-state index in [4.69, 9.17) is 25.8 Å². The minimum atomic E-state index is -0.372. The van der Waals surface area contributed by atoms with Crippen molar-refractivity contribution in [1.29, 1.82) is 0 Å². The molecule has 0 saturated heterocycles. The van der Waals surface area contributed by atoms with Crippen molar-refractivity contribution < 1.29 is 18.6 Å². The first-order chi connectivity index (χ1) is 14.6. The predicted molar refractivity (Wildman–Crippen MR) is 117 cm³/mol. The van der Waals surface area contributed by atoms with Crippen molar-refractivity contribution in [3.05, 3.63) is 88.2 Å². The summed E-state index contributed by atoms with van der Waals surface area (Å²) in [6, 6.07) is 18.1. The van der Waals surface area contributed by atoms with Gasteiger partial charge in [0.25, 0.3) is 0 Å². The summed E-state index contributed by atoms with van der Waals surface area (Å²) in [7, 11) is 3.27. The molecule has 0 aliphatic carbocycles. The normalized spacial score (nSPS) is 10.7. The molecule has 0 spiro atoms. The van der Waals surface area contributed by atoms with Gasteiger partial charge in [0.2, 0.25) is 0 Å². The van der Waals surface area contributed by atoms with E-state index < -0.39 is 0 Å². The predicted octanol–water partition coefficient (Wildman–Crippen LogP) is 5.41. The molecule has 3 aromatic rings. The van der Waals surface area contributed by atoms with E-state index in [9.17, 15) is 4.39 Å². The number of nitrogens with one attached hydrogen (secondary N) is 1. The average molecular weight is 430 g/mol. The summed E-state index contributed by atoms with van der Waals surface area (Å²) in [5.74, 6) is 1.77. The Labute approximate surface area is 181 Å². The minimum Gasteiger partial charge on any atom is -0.497 e. The van der Waals surface area contributed by atoms with Crippen LogP contribution in [0.2, 0.25) is 5.02 Å². The molecule has 4 nitrogen and oxygen atoms in total. The third kappa shape index (κ3) is 5.88. The molecule has 1 N–H and O–H groups in total. The van der Waals surface area contributed by atoms with E-state index >= 15 is 0 Å². The lowest BCUT2D eigenvalue weighted by Crippen LogP contribution is -2.17. The van der Waals surface area contributed by atoms with Crippen molar-refractivity contribution in [2.24, 2.45) is 0 Å². The highest BCUT2D eigenvalue weighted by Gasteiger charge is 2.12. The van der Waals surface area contributed by atoms with Crippen LogP contribution in [0.15, 0.2) is 60.7 Å². The Balaban J connectivity index is 1.61. The van der Waals surface area contributed by atoms with Gasteiger partial charge in [0.15, 0.2) is 11.5 Å². The number of ether oxygens (including phenoxy) is 3.